The molecule has 0 atom stereocenters. The van der Waals surface area contributed by atoms with Crippen LogP contribution >= 0.6 is 0 Å². The van der Waals surface area contributed by atoms with Gasteiger partial charge in [0, 0.05) is 19.2 Å². The van der Waals surface area contributed by atoms with E-state index in [0.29, 0.717) is 22.4 Å². The van der Waals surface area contributed by atoms with Crippen LogP contribution in [0.25, 0.3) is 0 Å². The number of anilines is 1. The number of ether oxygens (including phenoxy) is 1. The molecule has 8 heteroatoms. The van der Waals surface area contributed by atoms with E-state index >= 15 is 0 Å². The van der Waals surface area contributed by atoms with E-state index in [1.165, 1.54) is 20.1 Å². The van der Waals surface area contributed by atoms with Crippen molar-refractivity contribution < 1.29 is 22.7 Å². The van der Waals surface area contributed by atoms with Crippen LogP contribution < -0.4 is 10.0 Å². The number of rotatable bonds is 6. The number of nitrogens with one attached hydrogen (secondary N) is 2. The van der Waals surface area contributed by atoms with Gasteiger partial charge in [0.2, 0.25) is 15.9 Å². The van der Waals surface area contributed by atoms with Crippen molar-refractivity contribution in [1.29, 1.82) is 0 Å². The van der Waals surface area contributed by atoms with Crippen molar-refractivity contribution in [3.63, 3.8) is 0 Å². The topological polar surface area (TPSA) is 102 Å². The van der Waals surface area contributed by atoms with Crippen molar-refractivity contribution in [1.82, 2.24) is 4.72 Å². The maximum absolute atomic E-state index is 12.6. The highest BCUT2D eigenvalue weighted by Gasteiger charge is 2.17. The molecule has 0 saturated carbocycles. The fourth-order valence-corrected chi connectivity index (χ4v) is 3.59. The molecule has 0 aliphatic heterocycles. The van der Waals surface area contributed by atoms with Crippen molar-refractivity contribution in [2.75, 3.05) is 12.4 Å². The molecule has 2 aromatic rings. The van der Waals surface area contributed by atoms with Crippen molar-refractivity contribution >= 4 is 27.6 Å². The summed E-state index contributed by atoms with van der Waals surface area (Å²) in [6.45, 7) is 3.09. The third kappa shape index (κ3) is 4.90. The van der Waals surface area contributed by atoms with E-state index < -0.39 is 16.0 Å². The third-order valence-electron chi connectivity index (χ3n) is 3.64. The van der Waals surface area contributed by atoms with Gasteiger partial charge in [-0.25, -0.2) is 17.9 Å². The predicted octanol–water partition coefficient (Wildman–Crippen LogP) is 2.22. The van der Waals surface area contributed by atoms with Crippen LogP contribution in [0, 0.1) is 6.92 Å². The molecule has 2 rings (SSSR count). The lowest BCUT2D eigenvalue weighted by atomic mass is 10.1. The van der Waals surface area contributed by atoms with Crippen LogP contribution in [0.1, 0.15) is 28.4 Å². The number of aryl methyl sites for hydroxylation is 1. The molecule has 1 amide bonds. The second kappa shape index (κ2) is 8.11. The normalized spacial score (nSPS) is 11.0. The summed E-state index contributed by atoms with van der Waals surface area (Å²) in [6, 6.07) is 11.1. The summed E-state index contributed by atoms with van der Waals surface area (Å²) in [5.74, 6) is -0.738. The van der Waals surface area contributed by atoms with Crippen LogP contribution in [0.4, 0.5) is 5.69 Å². The van der Waals surface area contributed by atoms with Gasteiger partial charge in [-0.2, -0.15) is 0 Å². The minimum atomic E-state index is -3.77. The predicted molar refractivity (Wildman–Crippen MR) is 97.3 cm³/mol. The largest absolute Gasteiger partial charge is 0.465 e. The lowest BCUT2D eigenvalue weighted by Crippen LogP contribution is -2.24. The average Bonchev–Trinajstić information content (AvgIpc) is 2.61. The summed E-state index contributed by atoms with van der Waals surface area (Å²) >= 11 is 0. The van der Waals surface area contributed by atoms with Crippen molar-refractivity contribution in [2.24, 2.45) is 0 Å². The first-order chi connectivity index (χ1) is 12.2. The Bertz CT molecular complexity index is 921. The Morgan fingerprint density at radius 2 is 1.73 bits per heavy atom. The van der Waals surface area contributed by atoms with Gasteiger partial charge in [0.15, 0.2) is 0 Å². The summed E-state index contributed by atoms with van der Waals surface area (Å²) < 4.78 is 32.3. The number of methoxy groups -OCH3 is 1. The van der Waals surface area contributed by atoms with Gasteiger partial charge >= 0.3 is 5.97 Å². The monoisotopic (exact) mass is 376 g/mol. The fraction of sp³-hybridized carbons (Fsp3) is 0.222. The minimum absolute atomic E-state index is 0.0631. The van der Waals surface area contributed by atoms with Crippen molar-refractivity contribution in [2.45, 2.75) is 25.3 Å². The summed E-state index contributed by atoms with van der Waals surface area (Å²) in [7, 11) is -2.48. The van der Waals surface area contributed by atoms with E-state index in [4.69, 9.17) is 0 Å². The number of amides is 1. The molecule has 0 bridgehead atoms. The van der Waals surface area contributed by atoms with Crippen LogP contribution in [0.15, 0.2) is 47.4 Å². The summed E-state index contributed by atoms with van der Waals surface area (Å²) in [5.41, 5.74) is 2.05. The highest BCUT2D eigenvalue weighted by Crippen LogP contribution is 2.20. The summed E-state index contributed by atoms with van der Waals surface area (Å²) in [6.07, 6.45) is 0. The van der Waals surface area contributed by atoms with Gasteiger partial charge in [-0.05, 0) is 42.3 Å². The van der Waals surface area contributed by atoms with Gasteiger partial charge < -0.3 is 10.1 Å². The smallest absolute Gasteiger partial charge is 0.337 e. The number of benzene rings is 2. The summed E-state index contributed by atoms with van der Waals surface area (Å²) in [4.78, 5) is 22.7. The molecule has 26 heavy (non-hydrogen) atoms. The van der Waals surface area contributed by atoms with E-state index in [1.807, 2.05) is 0 Å². The number of sulfonamides is 1. The zero-order chi connectivity index (χ0) is 19.3. The van der Waals surface area contributed by atoms with Gasteiger partial charge in [0.05, 0.1) is 17.6 Å². The Kier molecular flexibility index (Phi) is 6.12. The van der Waals surface area contributed by atoms with Gasteiger partial charge in [0.25, 0.3) is 0 Å². The molecule has 0 fully saturated rings. The molecule has 2 N–H and O–H groups in total. The molecule has 0 radical (unpaired) electrons. The van der Waals surface area contributed by atoms with Crippen molar-refractivity contribution in [3.05, 3.63) is 59.2 Å². The van der Waals surface area contributed by atoms with Gasteiger partial charge in [-0.15, -0.1) is 0 Å². The average molecular weight is 376 g/mol. The number of esters is 1. The summed E-state index contributed by atoms with van der Waals surface area (Å²) in [5, 5.41) is 2.57. The Morgan fingerprint density at radius 1 is 1.08 bits per heavy atom. The molecular formula is C18H20N2O5S. The molecule has 0 aromatic heterocycles. The molecule has 7 nitrogen and oxygen atoms in total. The second-order valence-corrected chi connectivity index (χ2v) is 7.41. The van der Waals surface area contributed by atoms with E-state index in [0.717, 1.165) is 0 Å². The molecular weight excluding hydrogens is 356 g/mol. The molecule has 138 valence electrons. The number of carbonyl (C=O) groups excluding carboxylic acids is 2. The molecule has 0 saturated heterocycles. The SMILES string of the molecule is COC(=O)c1ccc(CNS(=O)(=O)c2cc(NC(C)=O)ccc2C)cc1. The van der Waals surface area contributed by atoms with E-state index in [-0.39, 0.29) is 17.3 Å². The molecule has 0 aliphatic rings. The van der Waals surface area contributed by atoms with Crippen LogP contribution in [-0.2, 0) is 26.1 Å². The minimum Gasteiger partial charge on any atom is -0.465 e. The molecule has 0 unspecified atom stereocenters. The van der Waals surface area contributed by atoms with Gasteiger partial charge in [-0.1, -0.05) is 18.2 Å². The lowest BCUT2D eigenvalue weighted by molar-refractivity contribution is -0.114. The maximum atomic E-state index is 12.6. The number of carbonyl (C=O) groups is 2. The molecule has 0 aliphatic carbocycles. The first-order valence-electron chi connectivity index (χ1n) is 7.78. The zero-order valence-electron chi connectivity index (χ0n) is 14.7. The Balaban J connectivity index is 2.16. The van der Waals surface area contributed by atoms with Crippen LogP contribution in [-0.4, -0.2) is 27.4 Å². The van der Waals surface area contributed by atoms with E-state index in [2.05, 4.69) is 14.8 Å². The first kappa shape index (κ1) is 19.6. The highest BCUT2D eigenvalue weighted by molar-refractivity contribution is 7.89. The quantitative estimate of drug-likeness (QED) is 0.753. The standard InChI is InChI=1S/C18H20N2O5S/c1-12-4-9-16(20-13(2)21)10-17(12)26(23,24)19-11-14-5-7-15(8-6-14)18(22)25-3/h4-10,19H,11H2,1-3H3,(H,20,21). The van der Waals surface area contributed by atoms with Crippen LogP contribution in [0.2, 0.25) is 0 Å². The van der Waals surface area contributed by atoms with Crippen LogP contribution in [0.5, 0.6) is 0 Å². The van der Waals surface area contributed by atoms with E-state index in [1.54, 1.807) is 43.3 Å². The van der Waals surface area contributed by atoms with Crippen molar-refractivity contribution in [3.8, 4) is 0 Å². The molecule has 0 heterocycles. The molecule has 2 aromatic carbocycles. The van der Waals surface area contributed by atoms with Crippen LogP contribution in [0.3, 0.4) is 0 Å². The zero-order valence-corrected chi connectivity index (χ0v) is 15.5. The third-order valence-corrected chi connectivity index (χ3v) is 5.18. The maximum Gasteiger partial charge on any atom is 0.337 e. The van der Waals surface area contributed by atoms with Gasteiger partial charge in [0.1, 0.15) is 0 Å². The number of hydrogen-bond donors (Lipinski definition) is 2. The van der Waals surface area contributed by atoms with Gasteiger partial charge in [-0.3, -0.25) is 4.79 Å². The Morgan fingerprint density at radius 3 is 2.31 bits per heavy atom. The molecule has 0 spiro atoms. The first-order valence-corrected chi connectivity index (χ1v) is 9.26. The second-order valence-electron chi connectivity index (χ2n) is 5.67. The van der Waals surface area contributed by atoms with E-state index in [9.17, 15) is 18.0 Å². The Labute approximate surface area is 152 Å². The fourth-order valence-electron chi connectivity index (χ4n) is 2.30. The Hall–Kier alpha value is -2.71. The lowest BCUT2D eigenvalue weighted by Gasteiger charge is -2.12. The number of hydrogen-bond acceptors (Lipinski definition) is 5. The highest BCUT2D eigenvalue weighted by atomic mass is 32.2.